The molecule has 0 aliphatic rings. The van der Waals surface area contributed by atoms with Crippen molar-refractivity contribution in [3.8, 4) is 0 Å². The Labute approximate surface area is 162 Å². The van der Waals surface area contributed by atoms with Crippen LogP contribution in [0.15, 0.2) is 28.2 Å². The fraction of sp³-hybridized carbons (Fsp3) is 0.278. The van der Waals surface area contributed by atoms with Gasteiger partial charge in [-0.05, 0) is 38.5 Å². The van der Waals surface area contributed by atoms with Gasteiger partial charge in [0.15, 0.2) is 5.16 Å². The second kappa shape index (κ2) is 7.77. The Morgan fingerprint density at radius 2 is 2.07 bits per heavy atom. The number of anilines is 1. The van der Waals surface area contributed by atoms with Gasteiger partial charge in [0.05, 0.1) is 16.8 Å². The number of halogens is 2. The Bertz CT molecular complexity index is 1090. The van der Waals surface area contributed by atoms with Gasteiger partial charge in [-0.25, -0.2) is 13.8 Å². The Hall–Kier alpha value is -2.26. The first-order valence-corrected chi connectivity index (χ1v) is 10.00. The van der Waals surface area contributed by atoms with E-state index in [4.69, 9.17) is 0 Å². The molecule has 1 N–H and O–H groups in total. The lowest BCUT2D eigenvalue weighted by Crippen LogP contribution is -2.23. The summed E-state index contributed by atoms with van der Waals surface area (Å²) in [4.78, 5) is 31.1. The molecule has 0 saturated heterocycles. The van der Waals surface area contributed by atoms with E-state index in [0.29, 0.717) is 28.0 Å². The van der Waals surface area contributed by atoms with Crippen LogP contribution in [0.25, 0.3) is 10.2 Å². The largest absolute Gasteiger partial charge is 0.323 e. The molecule has 0 atom stereocenters. The average molecular weight is 409 g/mol. The number of nitrogens with one attached hydrogen (secondary N) is 1. The van der Waals surface area contributed by atoms with Gasteiger partial charge in [0, 0.05) is 17.5 Å². The predicted octanol–water partition coefficient (Wildman–Crippen LogP) is 4.10. The summed E-state index contributed by atoms with van der Waals surface area (Å²) in [5.74, 6) is -2.09. The fourth-order valence-electron chi connectivity index (χ4n) is 2.60. The van der Waals surface area contributed by atoms with Gasteiger partial charge in [-0.1, -0.05) is 11.8 Å². The van der Waals surface area contributed by atoms with Crippen molar-refractivity contribution >= 4 is 44.9 Å². The highest BCUT2D eigenvalue weighted by molar-refractivity contribution is 7.99. The number of thiophene rings is 1. The lowest BCUT2D eigenvalue weighted by atomic mass is 10.2. The molecule has 0 fully saturated rings. The van der Waals surface area contributed by atoms with E-state index < -0.39 is 17.5 Å². The quantitative estimate of drug-likeness (QED) is 0.509. The molecule has 142 valence electrons. The Morgan fingerprint density at radius 3 is 2.74 bits per heavy atom. The summed E-state index contributed by atoms with van der Waals surface area (Å²) in [6.45, 7) is 6.10. The summed E-state index contributed by atoms with van der Waals surface area (Å²) in [5, 5.41) is 3.44. The van der Waals surface area contributed by atoms with Crippen molar-refractivity contribution < 1.29 is 13.6 Å². The molecule has 0 aliphatic carbocycles. The molecule has 27 heavy (non-hydrogen) atoms. The highest BCUT2D eigenvalue weighted by atomic mass is 32.2. The summed E-state index contributed by atoms with van der Waals surface area (Å²) < 4.78 is 28.1. The molecule has 0 saturated carbocycles. The molecule has 0 aliphatic heterocycles. The molecule has 1 amide bonds. The molecule has 0 radical (unpaired) electrons. The van der Waals surface area contributed by atoms with Crippen molar-refractivity contribution in [2.24, 2.45) is 0 Å². The predicted molar refractivity (Wildman–Crippen MR) is 105 cm³/mol. The fourth-order valence-corrected chi connectivity index (χ4v) is 4.54. The first-order chi connectivity index (χ1) is 12.8. The van der Waals surface area contributed by atoms with Crippen LogP contribution in [0.1, 0.15) is 17.4 Å². The molecule has 3 rings (SSSR count). The number of nitrogens with zero attached hydrogens (tertiary/aromatic N) is 2. The van der Waals surface area contributed by atoms with Crippen LogP contribution in [-0.2, 0) is 11.3 Å². The number of fused-ring (bicyclic) bond motifs is 1. The smallest absolute Gasteiger partial charge is 0.263 e. The molecule has 9 heteroatoms. The first-order valence-electron chi connectivity index (χ1n) is 8.20. The number of carbonyl (C=O) groups is 1. The number of rotatable bonds is 5. The SMILES string of the molecule is CCn1c(SCC(=O)Nc2ccc(F)cc2F)nc2sc(C)c(C)c2c1=O. The Balaban J connectivity index is 1.82. The maximum Gasteiger partial charge on any atom is 0.263 e. The number of amides is 1. The minimum absolute atomic E-state index is 0.0574. The van der Waals surface area contributed by atoms with Gasteiger partial charge in [0.2, 0.25) is 5.91 Å². The van der Waals surface area contributed by atoms with E-state index in [1.807, 2.05) is 20.8 Å². The number of thioether (sulfide) groups is 1. The second-order valence-electron chi connectivity index (χ2n) is 5.87. The van der Waals surface area contributed by atoms with Crippen LogP contribution >= 0.6 is 23.1 Å². The van der Waals surface area contributed by atoms with Crippen molar-refractivity contribution in [1.29, 1.82) is 0 Å². The van der Waals surface area contributed by atoms with Crippen LogP contribution in [0.5, 0.6) is 0 Å². The van der Waals surface area contributed by atoms with E-state index >= 15 is 0 Å². The maximum atomic E-state index is 13.6. The minimum Gasteiger partial charge on any atom is -0.323 e. The maximum absolute atomic E-state index is 13.6. The van der Waals surface area contributed by atoms with Crippen molar-refractivity contribution in [3.05, 3.63) is 50.6 Å². The number of hydrogen-bond acceptors (Lipinski definition) is 5. The Morgan fingerprint density at radius 1 is 1.33 bits per heavy atom. The molecule has 0 bridgehead atoms. The standard InChI is InChI=1S/C18H17F2N3O2S2/c1-4-23-17(25)15-9(2)10(3)27-16(15)22-18(23)26-8-14(24)21-13-6-5-11(19)7-12(13)20/h5-7H,4,8H2,1-3H3,(H,21,24). The lowest BCUT2D eigenvalue weighted by Gasteiger charge is -2.10. The van der Waals surface area contributed by atoms with E-state index in [0.717, 1.165) is 34.3 Å². The summed E-state index contributed by atoms with van der Waals surface area (Å²) in [6, 6.07) is 2.93. The number of hydrogen-bond donors (Lipinski definition) is 1. The third kappa shape index (κ3) is 3.89. The first kappa shape index (κ1) is 19.5. The third-order valence-corrected chi connectivity index (χ3v) is 6.19. The van der Waals surface area contributed by atoms with E-state index in [9.17, 15) is 18.4 Å². The normalized spacial score (nSPS) is 11.1. The van der Waals surface area contributed by atoms with E-state index in [1.165, 1.54) is 15.9 Å². The number of aryl methyl sites for hydroxylation is 2. The van der Waals surface area contributed by atoms with Crippen LogP contribution in [0.2, 0.25) is 0 Å². The van der Waals surface area contributed by atoms with Crippen LogP contribution in [0.4, 0.5) is 14.5 Å². The molecule has 1 aromatic carbocycles. The Kier molecular flexibility index (Phi) is 5.61. The number of benzene rings is 1. The second-order valence-corrected chi connectivity index (χ2v) is 8.01. The van der Waals surface area contributed by atoms with Gasteiger partial charge in [-0.3, -0.25) is 14.2 Å². The van der Waals surface area contributed by atoms with Gasteiger partial charge >= 0.3 is 0 Å². The van der Waals surface area contributed by atoms with Gasteiger partial charge in [0.1, 0.15) is 16.5 Å². The van der Waals surface area contributed by atoms with Crippen LogP contribution < -0.4 is 10.9 Å². The topological polar surface area (TPSA) is 64.0 Å². The molecular weight excluding hydrogens is 392 g/mol. The highest BCUT2D eigenvalue weighted by Crippen LogP contribution is 2.28. The zero-order chi connectivity index (χ0) is 19.7. The van der Waals surface area contributed by atoms with E-state index in [1.54, 1.807) is 0 Å². The molecule has 2 heterocycles. The monoisotopic (exact) mass is 409 g/mol. The minimum atomic E-state index is -0.845. The molecule has 2 aromatic heterocycles. The van der Waals surface area contributed by atoms with Gasteiger partial charge in [-0.2, -0.15) is 0 Å². The van der Waals surface area contributed by atoms with Crippen molar-refractivity contribution in [2.45, 2.75) is 32.5 Å². The average Bonchev–Trinajstić information content (AvgIpc) is 2.90. The molecule has 5 nitrogen and oxygen atoms in total. The van der Waals surface area contributed by atoms with Gasteiger partial charge in [-0.15, -0.1) is 11.3 Å². The van der Waals surface area contributed by atoms with Crippen LogP contribution in [-0.4, -0.2) is 21.2 Å². The zero-order valence-electron chi connectivity index (χ0n) is 14.9. The third-order valence-electron chi connectivity index (χ3n) is 4.11. The number of aromatic nitrogens is 2. The van der Waals surface area contributed by atoms with Crippen LogP contribution in [0.3, 0.4) is 0 Å². The summed E-state index contributed by atoms with van der Waals surface area (Å²) in [7, 11) is 0. The molecular formula is C18H17F2N3O2S2. The molecule has 3 aromatic rings. The summed E-state index contributed by atoms with van der Waals surface area (Å²) in [6.07, 6.45) is 0. The van der Waals surface area contributed by atoms with Crippen molar-refractivity contribution in [2.75, 3.05) is 11.1 Å². The van der Waals surface area contributed by atoms with E-state index in [-0.39, 0.29) is 17.0 Å². The van der Waals surface area contributed by atoms with Gasteiger partial charge in [0.25, 0.3) is 5.56 Å². The summed E-state index contributed by atoms with van der Waals surface area (Å²) in [5.41, 5.74) is 0.704. The summed E-state index contributed by atoms with van der Waals surface area (Å²) >= 11 is 2.55. The lowest BCUT2D eigenvalue weighted by molar-refractivity contribution is -0.113. The zero-order valence-corrected chi connectivity index (χ0v) is 16.6. The van der Waals surface area contributed by atoms with Gasteiger partial charge < -0.3 is 5.32 Å². The van der Waals surface area contributed by atoms with Crippen molar-refractivity contribution in [3.63, 3.8) is 0 Å². The molecule has 0 unspecified atom stereocenters. The highest BCUT2D eigenvalue weighted by Gasteiger charge is 2.17. The van der Waals surface area contributed by atoms with E-state index in [2.05, 4.69) is 10.3 Å². The molecule has 0 spiro atoms. The van der Waals surface area contributed by atoms with Crippen molar-refractivity contribution in [1.82, 2.24) is 9.55 Å². The van der Waals surface area contributed by atoms with Crippen LogP contribution in [0, 0.1) is 25.5 Å². The number of carbonyl (C=O) groups excluding carboxylic acids is 1.